The van der Waals surface area contributed by atoms with E-state index in [1.807, 2.05) is 60.7 Å². The van der Waals surface area contributed by atoms with Crippen molar-refractivity contribution >= 4 is 11.9 Å². The number of carboxylic acids is 2. The molecule has 0 radical (unpaired) electrons. The van der Waals surface area contributed by atoms with Gasteiger partial charge in [-0.05, 0) is 18.2 Å². The molecule has 146 valence electrons. The van der Waals surface area contributed by atoms with Crippen molar-refractivity contribution in [3.05, 3.63) is 90.0 Å². The number of nitrogens with zero attached hydrogens (tertiary/aromatic N) is 3. The Kier molecular flexibility index (Phi) is 5.00. The summed E-state index contributed by atoms with van der Waals surface area (Å²) < 4.78 is 0. The highest BCUT2D eigenvalue weighted by atomic mass is 16.4. The van der Waals surface area contributed by atoms with Crippen LogP contribution in [0.5, 0.6) is 0 Å². The van der Waals surface area contributed by atoms with Gasteiger partial charge in [0, 0.05) is 16.7 Å². The maximum absolute atomic E-state index is 11.8. The van der Waals surface area contributed by atoms with Gasteiger partial charge in [0.15, 0.2) is 17.5 Å². The molecule has 1 aromatic heterocycles. The molecule has 0 unspecified atom stereocenters. The zero-order valence-electron chi connectivity index (χ0n) is 15.6. The van der Waals surface area contributed by atoms with Crippen molar-refractivity contribution in [3.63, 3.8) is 0 Å². The second kappa shape index (κ2) is 7.92. The lowest BCUT2D eigenvalue weighted by Crippen LogP contribution is -2.07. The van der Waals surface area contributed by atoms with Crippen molar-refractivity contribution < 1.29 is 19.8 Å². The number of hydrogen-bond donors (Lipinski definition) is 2. The minimum absolute atomic E-state index is 0.0575. The predicted molar refractivity (Wildman–Crippen MR) is 110 cm³/mol. The first-order chi connectivity index (χ1) is 14.5. The third kappa shape index (κ3) is 3.77. The summed E-state index contributed by atoms with van der Waals surface area (Å²) >= 11 is 0. The summed E-state index contributed by atoms with van der Waals surface area (Å²) in [5.41, 5.74) is 1.41. The first kappa shape index (κ1) is 18.9. The van der Waals surface area contributed by atoms with Gasteiger partial charge in [-0.2, -0.15) is 0 Å². The summed E-state index contributed by atoms with van der Waals surface area (Å²) in [4.78, 5) is 36.7. The van der Waals surface area contributed by atoms with Crippen LogP contribution in [0.4, 0.5) is 0 Å². The molecule has 4 rings (SSSR count). The van der Waals surface area contributed by atoms with Crippen molar-refractivity contribution in [3.8, 4) is 34.2 Å². The van der Waals surface area contributed by atoms with Crippen LogP contribution in [0.1, 0.15) is 20.7 Å². The lowest BCUT2D eigenvalue weighted by molar-refractivity contribution is 0.0682. The van der Waals surface area contributed by atoms with Crippen molar-refractivity contribution in [1.29, 1.82) is 0 Å². The summed E-state index contributed by atoms with van der Waals surface area (Å²) in [5.74, 6) is -1.57. The monoisotopic (exact) mass is 397 g/mol. The van der Waals surface area contributed by atoms with E-state index in [9.17, 15) is 19.8 Å². The maximum Gasteiger partial charge on any atom is 0.336 e. The third-order valence-electron chi connectivity index (χ3n) is 4.44. The molecule has 0 spiro atoms. The van der Waals surface area contributed by atoms with E-state index in [0.717, 1.165) is 11.1 Å². The highest BCUT2D eigenvalue weighted by Gasteiger charge is 2.19. The van der Waals surface area contributed by atoms with Crippen LogP contribution < -0.4 is 0 Å². The second-order valence-corrected chi connectivity index (χ2v) is 6.41. The Bertz CT molecular complexity index is 1180. The van der Waals surface area contributed by atoms with E-state index in [1.54, 1.807) is 0 Å². The molecular formula is C23H15N3O4. The number of hydrogen-bond acceptors (Lipinski definition) is 5. The van der Waals surface area contributed by atoms with Gasteiger partial charge in [-0.1, -0.05) is 60.7 Å². The van der Waals surface area contributed by atoms with Gasteiger partial charge in [-0.25, -0.2) is 24.5 Å². The van der Waals surface area contributed by atoms with E-state index < -0.39 is 11.9 Å². The lowest BCUT2D eigenvalue weighted by atomic mass is 10.0. The van der Waals surface area contributed by atoms with Crippen LogP contribution in [0.25, 0.3) is 34.2 Å². The summed E-state index contributed by atoms with van der Waals surface area (Å²) in [6.07, 6.45) is 0. The first-order valence-corrected chi connectivity index (χ1v) is 9.01. The van der Waals surface area contributed by atoms with Gasteiger partial charge in [-0.15, -0.1) is 0 Å². The minimum Gasteiger partial charge on any atom is -0.478 e. The lowest BCUT2D eigenvalue weighted by Gasteiger charge is -2.10. The fourth-order valence-corrected chi connectivity index (χ4v) is 2.98. The predicted octanol–water partition coefficient (Wildman–Crippen LogP) is 4.27. The van der Waals surface area contributed by atoms with Gasteiger partial charge in [0.05, 0.1) is 11.1 Å². The molecule has 0 aliphatic carbocycles. The smallest absolute Gasteiger partial charge is 0.336 e. The van der Waals surface area contributed by atoms with Crippen molar-refractivity contribution in [2.45, 2.75) is 0 Å². The average Bonchev–Trinajstić information content (AvgIpc) is 2.79. The maximum atomic E-state index is 11.8. The third-order valence-corrected chi connectivity index (χ3v) is 4.44. The number of carboxylic acid groups (broad SMARTS) is 2. The molecule has 7 nitrogen and oxygen atoms in total. The Morgan fingerprint density at radius 1 is 0.600 bits per heavy atom. The molecule has 0 fully saturated rings. The number of rotatable bonds is 5. The van der Waals surface area contributed by atoms with Crippen LogP contribution in [0.15, 0.2) is 78.9 Å². The molecule has 4 aromatic rings. The molecule has 7 heteroatoms. The van der Waals surface area contributed by atoms with E-state index in [-0.39, 0.29) is 22.5 Å². The highest BCUT2D eigenvalue weighted by Crippen LogP contribution is 2.27. The Morgan fingerprint density at radius 2 is 1.10 bits per heavy atom. The number of aromatic nitrogens is 3. The molecule has 0 bridgehead atoms. The van der Waals surface area contributed by atoms with E-state index in [0.29, 0.717) is 11.6 Å². The number of aromatic carboxylic acids is 2. The number of carbonyl (C=O) groups is 2. The summed E-state index contributed by atoms with van der Waals surface area (Å²) in [5, 5.41) is 19.0. The Labute approximate surface area is 171 Å². The van der Waals surface area contributed by atoms with Gasteiger partial charge in [0.25, 0.3) is 0 Å². The van der Waals surface area contributed by atoms with Gasteiger partial charge < -0.3 is 10.2 Å². The topological polar surface area (TPSA) is 113 Å². The van der Waals surface area contributed by atoms with Crippen LogP contribution in [-0.2, 0) is 0 Å². The number of benzene rings is 3. The molecule has 0 saturated heterocycles. The molecule has 30 heavy (non-hydrogen) atoms. The standard InChI is InChI=1S/C23H15N3O4/c27-22(28)16-11-12-17(23(29)30)18(13-16)21-25-19(14-7-3-1-4-8-14)24-20(26-21)15-9-5-2-6-10-15/h1-13H,(H,27,28)(H,29,30). The van der Waals surface area contributed by atoms with E-state index >= 15 is 0 Å². The summed E-state index contributed by atoms with van der Waals surface area (Å²) in [6, 6.07) is 22.2. The van der Waals surface area contributed by atoms with Crippen LogP contribution in [0.2, 0.25) is 0 Å². The SMILES string of the molecule is O=C(O)c1ccc(C(=O)O)c(-c2nc(-c3ccccc3)nc(-c3ccccc3)n2)c1. The highest BCUT2D eigenvalue weighted by molar-refractivity contribution is 5.98. The van der Waals surface area contributed by atoms with Gasteiger partial charge in [0.1, 0.15) is 0 Å². The molecule has 2 N–H and O–H groups in total. The molecular weight excluding hydrogens is 382 g/mol. The quantitative estimate of drug-likeness (QED) is 0.517. The van der Waals surface area contributed by atoms with Gasteiger partial charge in [0.2, 0.25) is 0 Å². The Hall–Kier alpha value is -4.39. The van der Waals surface area contributed by atoms with Crippen molar-refractivity contribution in [1.82, 2.24) is 15.0 Å². The zero-order valence-corrected chi connectivity index (χ0v) is 15.6. The van der Waals surface area contributed by atoms with E-state index in [1.165, 1.54) is 18.2 Å². The summed E-state index contributed by atoms with van der Waals surface area (Å²) in [7, 11) is 0. The Morgan fingerprint density at radius 3 is 1.57 bits per heavy atom. The molecule has 3 aromatic carbocycles. The van der Waals surface area contributed by atoms with E-state index in [2.05, 4.69) is 15.0 Å². The van der Waals surface area contributed by atoms with Crippen LogP contribution >= 0.6 is 0 Å². The molecule has 0 amide bonds. The molecule has 1 heterocycles. The fourth-order valence-electron chi connectivity index (χ4n) is 2.98. The van der Waals surface area contributed by atoms with Crippen LogP contribution in [-0.4, -0.2) is 37.1 Å². The van der Waals surface area contributed by atoms with Crippen LogP contribution in [0, 0.1) is 0 Å². The second-order valence-electron chi connectivity index (χ2n) is 6.41. The molecule has 0 atom stereocenters. The minimum atomic E-state index is -1.20. The largest absolute Gasteiger partial charge is 0.478 e. The molecule has 0 saturated carbocycles. The van der Waals surface area contributed by atoms with Crippen LogP contribution in [0.3, 0.4) is 0 Å². The van der Waals surface area contributed by atoms with Gasteiger partial charge in [-0.3, -0.25) is 0 Å². The first-order valence-electron chi connectivity index (χ1n) is 9.01. The van der Waals surface area contributed by atoms with Crippen molar-refractivity contribution in [2.75, 3.05) is 0 Å². The van der Waals surface area contributed by atoms with Crippen molar-refractivity contribution in [2.24, 2.45) is 0 Å². The van der Waals surface area contributed by atoms with E-state index in [4.69, 9.17) is 0 Å². The molecule has 0 aliphatic heterocycles. The fraction of sp³-hybridized carbons (Fsp3) is 0. The summed E-state index contributed by atoms with van der Waals surface area (Å²) in [6.45, 7) is 0. The van der Waals surface area contributed by atoms with Gasteiger partial charge >= 0.3 is 11.9 Å². The zero-order chi connectivity index (χ0) is 21.1. The molecule has 0 aliphatic rings. The normalized spacial score (nSPS) is 10.5. The Balaban J connectivity index is 1.99. The average molecular weight is 397 g/mol.